The fourth-order valence-electron chi connectivity index (χ4n) is 1.48. The van der Waals surface area contributed by atoms with E-state index in [2.05, 4.69) is 31.3 Å². The molecule has 0 spiro atoms. The van der Waals surface area contributed by atoms with Gasteiger partial charge < -0.3 is 9.80 Å². The van der Waals surface area contributed by atoms with Crippen molar-refractivity contribution in [3.8, 4) is 0 Å². The molecule has 0 atom stereocenters. The Morgan fingerprint density at radius 2 is 2.21 bits per heavy atom. The number of nitrogens with two attached hydrogens (primary N) is 1. The summed E-state index contributed by atoms with van der Waals surface area (Å²) in [7, 11) is 3.46. The smallest absolute Gasteiger partial charge is 0.241 e. The van der Waals surface area contributed by atoms with E-state index < -0.39 is 0 Å². The lowest BCUT2D eigenvalue weighted by atomic mass is 10.3. The Morgan fingerprint density at radius 3 is 2.74 bits per heavy atom. The highest BCUT2D eigenvalue weighted by molar-refractivity contribution is 9.10. The summed E-state index contributed by atoms with van der Waals surface area (Å²) in [6, 6.07) is 0. The lowest BCUT2D eigenvalue weighted by Crippen LogP contribution is -2.38. The number of halogens is 1. The van der Waals surface area contributed by atoms with E-state index in [1.807, 2.05) is 11.8 Å². The number of nitrogen functional groups attached to an aromatic ring is 1. The fourth-order valence-corrected chi connectivity index (χ4v) is 1.93. The van der Waals surface area contributed by atoms with Crippen molar-refractivity contribution in [2.45, 2.75) is 13.3 Å². The average Bonchev–Trinajstić information content (AvgIpc) is 2.38. The first-order valence-electron chi connectivity index (χ1n) is 5.93. The van der Waals surface area contributed by atoms with Gasteiger partial charge in [0.2, 0.25) is 11.9 Å². The van der Waals surface area contributed by atoms with Gasteiger partial charge in [-0.15, -0.1) is 0 Å². The van der Waals surface area contributed by atoms with Gasteiger partial charge in [-0.2, -0.15) is 4.98 Å². The molecule has 1 aromatic rings. The zero-order valence-electron chi connectivity index (χ0n) is 11.4. The maximum Gasteiger partial charge on any atom is 0.241 e. The molecule has 7 nitrogen and oxygen atoms in total. The summed E-state index contributed by atoms with van der Waals surface area (Å²) in [6.07, 6.45) is 2.52. The Balaban J connectivity index is 3.00. The van der Waals surface area contributed by atoms with E-state index in [9.17, 15) is 4.79 Å². The van der Waals surface area contributed by atoms with Gasteiger partial charge in [0, 0.05) is 26.8 Å². The van der Waals surface area contributed by atoms with Crippen molar-refractivity contribution in [3.63, 3.8) is 0 Å². The topological polar surface area (TPSA) is 87.4 Å². The van der Waals surface area contributed by atoms with Crippen molar-refractivity contribution in [1.82, 2.24) is 14.9 Å². The summed E-state index contributed by atoms with van der Waals surface area (Å²) < 4.78 is 0.728. The van der Waals surface area contributed by atoms with Crippen LogP contribution in [0.25, 0.3) is 0 Å². The molecule has 0 fully saturated rings. The predicted octanol–water partition coefficient (Wildman–Crippen LogP) is 0.829. The Labute approximate surface area is 121 Å². The summed E-state index contributed by atoms with van der Waals surface area (Å²) >= 11 is 3.40. The summed E-state index contributed by atoms with van der Waals surface area (Å²) in [6.45, 7) is 3.03. The normalized spacial score (nSPS) is 10.2. The zero-order valence-corrected chi connectivity index (χ0v) is 12.9. The monoisotopic (exact) mass is 330 g/mol. The third-order valence-electron chi connectivity index (χ3n) is 2.47. The minimum atomic E-state index is 0.0150. The van der Waals surface area contributed by atoms with Crippen LogP contribution in [0, 0.1) is 0 Å². The van der Waals surface area contributed by atoms with E-state index in [-0.39, 0.29) is 12.5 Å². The molecule has 1 aromatic heterocycles. The van der Waals surface area contributed by atoms with Crippen molar-refractivity contribution in [1.29, 1.82) is 0 Å². The molecule has 0 aliphatic carbocycles. The maximum atomic E-state index is 11.9. The number of carbonyl (C=O) groups excluding carboxylic acids is 1. The van der Waals surface area contributed by atoms with E-state index in [1.54, 1.807) is 25.2 Å². The second-order valence-electron chi connectivity index (χ2n) is 4.22. The van der Waals surface area contributed by atoms with Crippen molar-refractivity contribution >= 4 is 33.6 Å². The van der Waals surface area contributed by atoms with Gasteiger partial charge in [0.25, 0.3) is 0 Å². The highest BCUT2D eigenvalue weighted by Gasteiger charge is 2.17. The van der Waals surface area contributed by atoms with E-state index >= 15 is 0 Å². The predicted molar refractivity (Wildman–Crippen MR) is 78.7 cm³/mol. The van der Waals surface area contributed by atoms with E-state index in [0.29, 0.717) is 11.8 Å². The highest BCUT2D eigenvalue weighted by Crippen LogP contribution is 2.24. The Hall–Kier alpha value is -1.41. The van der Waals surface area contributed by atoms with Gasteiger partial charge in [0.15, 0.2) is 0 Å². The lowest BCUT2D eigenvalue weighted by Gasteiger charge is -2.25. The number of rotatable bonds is 6. The number of nitrogens with one attached hydrogen (secondary N) is 1. The lowest BCUT2D eigenvalue weighted by molar-refractivity contribution is -0.127. The second-order valence-corrected chi connectivity index (χ2v) is 5.07. The zero-order chi connectivity index (χ0) is 14.4. The number of carbonyl (C=O) groups is 1. The quantitative estimate of drug-likeness (QED) is 0.593. The standard InChI is InChI=1S/C11H19BrN6O/c1-4-5-18(7-9(19)17(2)3)10-8(12)6-14-11(15-10)16-13/h6H,4-5,7,13H2,1-3H3,(H,14,15,16). The van der Waals surface area contributed by atoms with Crippen molar-refractivity contribution in [2.24, 2.45) is 5.84 Å². The van der Waals surface area contributed by atoms with Crippen LogP contribution in [0.5, 0.6) is 0 Å². The number of nitrogens with zero attached hydrogens (tertiary/aromatic N) is 4. The van der Waals surface area contributed by atoms with Crippen LogP contribution < -0.4 is 16.2 Å². The van der Waals surface area contributed by atoms with E-state index in [0.717, 1.165) is 17.4 Å². The molecular weight excluding hydrogens is 312 g/mol. The Morgan fingerprint density at radius 1 is 1.53 bits per heavy atom. The molecule has 1 heterocycles. The number of hydrogen-bond acceptors (Lipinski definition) is 6. The largest absolute Gasteiger partial charge is 0.347 e. The van der Waals surface area contributed by atoms with Crippen LogP contribution in [-0.4, -0.2) is 48.0 Å². The molecule has 0 saturated heterocycles. The van der Waals surface area contributed by atoms with Crippen molar-refractivity contribution in [2.75, 3.05) is 37.5 Å². The SMILES string of the molecule is CCCN(CC(=O)N(C)C)c1nc(NN)ncc1Br. The molecule has 106 valence electrons. The first-order chi connectivity index (χ1) is 8.99. The van der Waals surface area contributed by atoms with Crippen LogP contribution in [0.1, 0.15) is 13.3 Å². The molecule has 0 aromatic carbocycles. The molecule has 3 N–H and O–H groups in total. The molecular formula is C11H19BrN6O. The van der Waals surface area contributed by atoms with Gasteiger partial charge in [0.1, 0.15) is 5.82 Å². The van der Waals surface area contributed by atoms with Crippen molar-refractivity contribution in [3.05, 3.63) is 10.7 Å². The molecule has 8 heteroatoms. The molecule has 1 amide bonds. The minimum Gasteiger partial charge on any atom is -0.347 e. The highest BCUT2D eigenvalue weighted by atomic mass is 79.9. The molecule has 0 aliphatic rings. The Kier molecular flexibility index (Phi) is 5.97. The first-order valence-corrected chi connectivity index (χ1v) is 6.73. The van der Waals surface area contributed by atoms with Crippen LogP contribution >= 0.6 is 15.9 Å². The molecule has 0 aliphatic heterocycles. The number of amides is 1. The number of likely N-dealkylation sites (N-methyl/N-ethyl adjacent to an activating group) is 1. The third-order valence-corrected chi connectivity index (χ3v) is 3.03. The van der Waals surface area contributed by atoms with Crippen LogP contribution in [0.4, 0.5) is 11.8 Å². The molecule has 0 bridgehead atoms. The fraction of sp³-hybridized carbons (Fsp3) is 0.545. The van der Waals surface area contributed by atoms with Gasteiger partial charge in [-0.05, 0) is 22.4 Å². The minimum absolute atomic E-state index is 0.0150. The summed E-state index contributed by atoms with van der Waals surface area (Å²) in [5.41, 5.74) is 2.40. The first kappa shape index (κ1) is 15.6. The van der Waals surface area contributed by atoms with Gasteiger partial charge in [-0.25, -0.2) is 10.8 Å². The van der Waals surface area contributed by atoms with E-state index in [4.69, 9.17) is 5.84 Å². The van der Waals surface area contributed by atoms with Gasteiger partial charge in [-0.3, -0.25) is 10.2 Å². The van der Waals surface area contributed by atoms with Crippen LogP contribution in [0.15, 0.2) is 10.7 Å². The van der Waals surface area contributed by atoms with Crippen LogP contribution in [0.2, 0.25) is 0 Å². The van der Waals surface area contributed by atoms with E-state index in [1.165, 1.54) is 0 Å². The number of hydrazine groups is 1. The van der Waals surface area contributed by atoms with Gasteiger partial charge in [-0.1, -0.05) is 6.92 Å². The maximum absolute atomic E-state index is 11.9. The molecule has 1 rings (SSSR count). The molecule has 0 saturated carbocycles. The van der Waals surface area contributed by atoms with Gasteiger partial charge >= 0.3 is 0 Å². The molecule has 0 radical (unpaired) electrons. The molecule has 0 unspecified atom stereocenters. The van der Waals surface area contributed by atoms with Gasteiger partial charge in [0.05, 0.1) is 11.0 Å². The number of aromatic nitrogens is 2. The molecule has 19 heavy (non-hydrogen) atoms. The second kappa shape index (κ2) is 7.25. The summed E-state index contributed by atoms with van der Waals surface area (Å²) in [4.78, 5) is 23.6. The van der Waals surface area contributed by atoms with Crippen LogP contribution in [0.3, 0.4) is 0 Å². The van der Waals surface area contributed by atoms with Crippen LogP contribution in [-0.2, 0) is 4.79 Å². The van der Waals surface area contributed by atoms with Crippen molar-refractivity contribution < 1.29 is 4.79 Å². The summed E-state index contributed by atoms with van der Waals surface area (Å²) in [5.74, 6) is 6.29. The summed E-state index contributed by atoms with van der Waals surface area (Å²) in [5, 5.41) is 0. The third kappa shape index (κ3) is 4.32. The number of anilines is 2. The Bertz CT molecular complexity index is 439. The average molecular weight is 331 g/mol. The number of hydrogen-bond donors (Lipinski definition) is 2.